The van der Waals surface area contributed by atoms with Crippen molar-refractivity contribution in [1.29, 1.82) is 0 Å². The van der Waals surface area contributed by atoms with Gasteiger partial charge < -0.3 is 23.7 Å². The zero-order valence-electron chi connectivity index (χ0n) is 15.4. The largest absolute Gasteiger partial charge is 0.493 e. The normalized spacial score (nSPS) is 10.5. The highest BCUT2D eigenvalue weighted by atomic mass is 16.5. The molecule has 0 atom stereocenters. The SMILES string of the molecule is COc1cccc(OCc2ccc3c(OC)c(OC)ccc3c2)c1OC. The minimum absolute atomic E-state index is 0.411. The van der Waals surface area contributed by atoms with Crippen molar-refractivity contribution in [3.8, 4) is 28.7 Å². The van der Waals surface area contributed by atoms with E-state index in [0.29, 0.717) is 29.6 Å². The first-order valence-corrected chi connectivity index (χ1v) is 8.19. The Labute approximate surface area is 153 Å². The summed E-state index contributed by atoms with van der Waals surface area (Å²) >= 11 is 0. The van der Waals surface area contributed by atoms with Gasteiger partial charge in [0.15, 0.2) is 23.0 Å². The number of ether oxygens (including phenoxy) is 5. The standard InChI is InChI=1S/C21H22O5/c1-22-17-6-5-7-19(21(17)25-4)26-13-14-8-10-16-15(12-14)9-11-18(23-2)20(16)24-3/h5-12H,13H2,1-4H3. The lowest BCUT2D eigenvalue weighted by atomic mass is 10.1. The van der Waals surface area contributed by atoms with Gasteiger partial charge in [0, 0.05) is 5.39 Å². The molecule has 0 fully saturated rings. The Hall–Kier alpha value is -3.08. The maximum Gasteiger partial charge on any atom is 0.203 e. The fourth-order valence-corrected chi connectivity index (χ4v) is 2.92. The van der Waals surface area contributed by atoms with Crippen LogP contribution in [-0.4, -0.2) is 28.4 Å². The molecule has 3 aromatic rings. The molecular weight excluding hydrogens is 332 g/mol. The molecule has 0 bridgehead atoms. The van der Waals surface area contributed by atoms with Gasteiger partial charge in [-0.1, -0.05) is 24.3 Å². The third-order valence-corrected chi connectivity index (χ3v) is 4.18. The number of hydrogen-bond acceptors (Lipinski definition) is 5. The van der Waals surface area contributed by atoms with E-state index in [1.54, 1.807) is 28.4 Å². The maximum atomic E-state index is 5.95. The summed E-state index contributed by atoms with van der Waals surface area (Å²) in [4.78, 5) is 0. The average Bonchev–Trinajstić information content (AvgIpc) is 2.70. The van der Waals surface area contributed by atoms with E-state index in [2.05, 4.69) is 6.07 Å². The monoisotopic (exact) mass is 354 g/mol. The smallest absolute Gasteiger partial charge is 0.203 e. The van der Waals surface area contributed by atoms with Gasteiger partial charge in [0.05, 0.1) is 28.4 Å². The van der Waals surface area contributed by atoms with Crippen molar-refractivity contribution in [2.45, 2.75) is 6.61 Å². The number of rotatable bonds is 7. The number of para-hydroxylation sites is 1. The summed E-state index contributed by atoms with van der Waals surface area (Å²) in [6.07, 6.45) is 0. The molecule has 0 aliphatic rings. The van der Waals surface area contributed by atoms with E-state index in [-0.39, 0.29) is 0 Å². The zero-order valence-corrected chi connectivity index (χ0v) is 15.4. The van der Waals surface area contributed by atoms with Crippen LogP contribution in [0.1, 0.15) is 5.56 Å². The van der Waals surface area contributed by atoms with Crippen LogP contribution >= 0.6 is 0 Å². The van der Waals surface area contributed by atoms with Crippen LogP contribution in [0, 0.1) is 0 Å². The van der Waals surface area contributed by atoms with Gasteiger partial charge in [-0.15, -0.1) is 0 Å². The first-order valence-electron chi connectivity index (χ1n) is 8.19. The zero-order chi connectivity index (χ0) is 18.5. The molecule has 0 unspecified atom stereocenters. The summed E-state index contributed by atoms with van der Waals surface area (Å²) in [6.45, 7) is 0.411. The van der Waals surface area contributed by atoms with Gasteiger partial charge in [-0.05, 0) is 35.2 Å². The van der Waals surface area contributed by atoms with Gasteiger partial charge in [0.2, 0.25) is 5.75 Å². The Morgan fingerprint density at radius 2 is 1.35 bits per heavy atom. The Balaban J connectivity index is 1.87. The summed E-state index contributed by atoms with van der Waals surface area (Å²) < 4.78 is 27.5. The fourth-order valence-electron chi connectivity index (χ4n) is 2.92. The first kappa shape index (κ1) is 17.7. The van der Waals surface area contributed by atoms with Crippen molar-refractivity contribution in [2.24, 2.45) is 0 Å². The lowest BCUT2D eigenvalue weighted by Gasteiger charge is -2.14. The van der Waals surface area contributed by atoms with E-state index in [4.69, 9.17) is 23.7 Å². The highest BCUT2D eigenvalue weighted by molar-refractivity contribution is 5.91. The maximum absolute atomic E-state index is 5.95. The molecule has 0 aliphatic heterocycles. The van der Waals surface area contributed by atoms with Gasteiger partial charge >= 0.3 is 0 Å². The van der Waals surface area contributed by atoms with E-state index in [1.165, 1.54) is 0 Å². The molecule has 0 saturated carbocycles. The van der Waals surface area contributed by atoms with E-state index < -0.39 is 0 Å². The van der Waals surface area contributed by atoms with Crippen molar-refractivity contribution in [3.05, 3.63) is 54.1 Å². The van der Waals surface area contributed by atoms with Crippen molar-refractivity contribution in [3.63, 3.8) is 0 Å². The van der Waals surface area contributed by atoms with E-state index in [9.17, 15) is 0 Å². The first-order chi connectivity index (χ1) is 12.7. The van der Waals surface area contributed by atoms with Gasteiger partial charge in [-0.3, -0.25) is 0 Å². The minimum atomic E-state index is 0.411. The van der Waals surface area contributed by atoms with Crippen LogP contribution in [-0.2, 0) is 6.61 Å². The van der Waals surface area contributed by atoms with Crippen molar-refractivity contribution in [2.75, 3.05) is 28.4 Å². The summed E-state index contributed by atoms with van der Waals surface area (Å²) in [6, 6.07) is 15.6. The highest BCUT2D eigenvalue weighted by Crippen LogP contribution is 2.38. The van der Waals surface area contributed by atoms with Crippen LogP contribution in [0.3, 0.4) is 0 Å². The summed E-state index contributed by atoms with van der Waals surface area (Å²) in [7, 11) is 6.48. The van der Waals surface area contributed by atoms with E-state index >= 15 is 0 Å². The molecule has 0 amide bonds. The molecule has 136 valence electrons. The van der Waals surface area contributed by atoms with Gasteiger partial charge in [-0.2, -0.15) is 0 Å². The molecule has 26 heavy (non-hydrogen) atoms. The van der Waals surface area contributed by atoms with Crippen molar-refractivity contribution in [1.82, 2.24) is 0 Å². The molecule has 5 heteroatoms. The predicted molar refractivity (Wildman–Crippen MR) is 101 cm³/mol. The second kappa shape index (κ2) is 7.87. The van der Waals surface area contributed by atoms with Crippen LogP contribution in [0.25, 0.3) is 10.8 Å². The summed E-state index contributed by atoms with van der Waals surface area (Å²) in [5, 5.41) is 2.05. The fraction of sp³-hybridized carbons (Fsp3) is 0.238. The van der Waals surface area contributed by atoms with Gasteiger partial charge in [0.1, 0.15) is 6.61 Å². The van der Waals surface area contributed by atoms with Crippen LogP contribution in [0.5, 0.6) is 28.7 Å². The summed E-state index contributed by atoms with van der Waals surface area (Å²) in [5.74, 6) is 3.30. The van der Waals surface area contributed by atoms with Gasteiger partial charge in [0.25, 0.3) is 0 Å². The number of fused-ring (bicyclic) bond motifs is 1. The predicted octanol–water partition coefficient (Wildman–Crippen LogP) is 4.45. The van der Waals surface area contributed by atoms with Gasteiger partial charge in [-0.25, -0.2) is 0 Å². The Morgan fingerprint density at radius 1 is 0.654 bits per heavy atom. The number of hydrogen-bond donors (Lipinski definition) is 0. The third kappa shape index (κ3) is 3.33. The molecule has 0 saturated heterocycles. The number of methoxy groups -OCH3 is 4. The highest BCUT2D eigenvalue weighted by Gasteiger charge is 2.12. The molecule has 0 spiro atoms. The average molecular weight is 354 g/mol. The summed E-state index contributed by atoms with van der Waals surface area (Å²) in [5.41, 5.74) is 1.04. The number of benzene rings is 3. The molecule has 5 nitrogen and oxygen atoms in total. The van der Waals surface area contributed by atoms with Crippen molar-refractivity contribution >= 4 is 10.8 Å². The second-order valence-electron chi connectivity index (χ2n) is 5.64. The molecule has 0 radical (unpaired) electrons. The molecular formula is C21H22O5. The van der Waals surface area contributed by atoms with Crippen LogP contribution in [0.2, 0.25) is 0 Å². The molecule has 0 aliphatic carbocycles. The molecule has 3 aromatic carbocycles. The van der Waals surface area contributed by atoms with Crippen LogP contribution in [0.15, 0.2) is 48.5 Å². The molecule has 3 rings (SSSR count). The quantitative estimate of drug-likeness (QED) is 0.627. The second-order valence-corrected chi connectivity index (χ2v) is 5.64. The Morgan fingerprint density at radius 3 is 2.04 bits per heavy atom. The molecule has 0 heterocycles. The van der Waals surface area contributed by atoms with E-state index in [1.807, 2.05) is 42.5 Å². The van der Waals surface area contributed by atoms with E-state index in [0.717, 1.165) is 22.1 Å². The third-order valence-electron chi connectivity index (χ3n) is 4.18. The Kier molecular flexibility index (Phi) is 5.37. The van der Waals surface area contributed by atoms with Crippen molar-refractivity contribution < 1.29 is 23.7 Å². The molecule has 0 aromatic heterocycles. The lowest BCUT2D eigenvalue weighted by molar-refractivity contribution is 0.275. The topological polar surface area (TPSA) is 46.2 Å². The lowest BCUT2D eigenvalue weighted by Crippen LogP contribution is -1.99. The minimum Gasteiger partial charge on any atom is -0.493 e. The van der Waals surface area contributed by atoms with Crippen LogP contribution in [0.4, 0.5) is 0 Å². The Bertz CT molecular complexity index is 904. The van der Waals surface area contributed by atoms with Crippen LogP contribution < -0.4 is 23.7 Å². The molecule has 0 N–H and O–H groups in total.